The summed E-state index contributed by atoms with van der Waals surface area (Å²) in [5, 5.41) is 6.32. The number of nitrogens with one attached hydrogen (secondary N) is 1. The topological polar surface area (TPSA) is 20.2 Å². The molecule has 24 heavy (non-hydrogen) atoms. The van der Waals surface area contributed by atoms with Crippen molar-refractivity contribution in [2.24, 2.45) is 0 Å². The average molecular weight is 354 g/mol. The zero-order valence-electron chi connectivity index (χ0n) is 13.5. The van der Waals surface area contributed by atoms with E-state index < -0.39 is 0 Å². The first-order valence-electron chi connectivity index (χ1n) is 8.05. The van der Waals surface area contributed by atoms with Crippen molar-refractivity contribution in [2.45, 2.75) is 19.5 Å². The fourth-order valence-electron chi connectivity index (χ4n) is 3.18. The summed E-state index contributed by atoms with van der Waals surface area (Å²) in [5.41, 5.74) is 3.59. The Kier molecular flexibility index (Phi) is 4.12. The largest absolute Gasteiger partial charge is 0.347 e. The third kappa shape index (κ3) is 2.85. The number of anilines is 1. The van der Waals surface area contributed by atoms with Crippen LogP contribution < -0.4 is 5.32 Å². The van der Waals surface area contributed by atoms with E-state index in [-0.39, 0.29) is 6.04 Å². The van der Waals surface area contributed by atoms with E-state index in [9.17, 15) is 0 Å². The van der Waals surface area contributed by atoms with Crippen LogP contribution in [0.15, 0.2) is 60.1 Å². The van der Waals surface area contributed by atoms with Gasteiger partial charge in [-0.1, -0.05) is 23.8 Å². The molecule has 0 bridgehead atoms. The second-order valence-electron chi connectivity index (χ2n) is 6.03. The maximum Gasteiger partial charge on any atom is 0.174 e. The molecule has 0 saturated heterocycles. The van der Waals surface area contributed by atoms with Crippen molar-refractivity contribution in [3.8, 4) is 0 Å². The zero-order valence-corrected chi connectivity index (χ0v) is 15.1. The minimum Gasteiger partial charge on any atom is -0.347 e. The molecule has 1 aromatic carbocycles. The SMILES string of the molecule is Cc1ccc(NC(=S)N2CCn3cccc3C2c2cccs2)cc1. The zero-order chi connectivity index (χ0) is 16.5. The summed E-state index contributed by atoms with van der Waals surface area (Å²) in [5.74, 6) is 0. The molecule has 0 aliphatic carbocycles. The van der Waals surface area contributed by atoms with Crippen LogP contribution in [0, 0.1) is 6.92 Å². The van der Waals surface area contributed by atoms with E-state index in [1.165, 1.54) is 16.1 Å². The fraction of sp³-hybridized carbons (Fsp3) is 0.211. The van der Waals surface area contributed by atoms with Gasteiger partial charge in [0.1, 0.15) is 6.04 Å². The van der Waals surface area contributed by atoms with Crippen LogP contribution >= 0.6 is 23.6 Å². The number of fused-ring (bicyclic) bond motifs is 1. The molecule has 1 aliphatic heterocycles. The Bertz CT molecular complexity index is 834. The first kappa shape index (κ1) is 15.4. The smallest absolute Gasteiger partial charge is 0.174 e. The Morgan fingerprint density at radius 3 is 2.71 bits per heavy atom. The third-order valence-electron chi connectivity index (χ3n) is 4.41. The maximum atomic E-state index is 5.75. The number of aromatic nitrogens is 1. The van der Waals surface area contributed by atoms with Gasteiger partial charge in [-0.15, -0.1) is 11.3 Å². The predicted octanol–water partition coefficient (Wildman–Crippen LogP) is 4.66. The van der Waals surface area contributed by atoms with Gasteiger partial charge >= 0.3 is 0 Å². The predicted molar refractivity (Wildman–Crippen MR) is 105 cm³/mol. The highest BCUT2D eigenvalue weighted by Crippen LogP contribution is 2.35. The van der Waals surface area contributed by atoms with Crippen LogP contribution in [0.25, 0.3) is 0 Å². The highest BCUT2D eigenvalue weighted by molar-refractivity contribution is 7.80. The van der Waals surface area contributed by atoms with E-state index in [4.69, 9.17) is 12.2 Å². The Hall–Kier alpha value is -2.11. The van der Waals surface area contributed by atoms with Crippen LogP contribution in [-0.2, 0) is 6.54 Å². The molecule has 3 heterocycles. The van der Waals surface area contributed by atoms with E-state index >= 15 is 0 Å². The molecule has 2 aromatic heterocycles. The first-order chi connectivity index (χ1) is 11.7. The van der Waals surface area contributed by atoms with Gasteiger partial charge in [0.25, 0.3) is 0 Å². The van der Waals surface area contributed by atoms with Crippen molar-refractivity contribution < 1.29 is 0 Å². The van der Waals surface area contributed by atoms with Crippen LogP contribution in [0.4, 0.5) is 5.69 Å². The summed E-state index contributed by atoms with van der Waals surface area (Å²) in [6, 6.07) is 17.2. The molecule has 0 radical (unpaired) electrons. The molecule has 0 amide bonds. The number of thiocarbonyl (C=S) groups is 1. The van der Waals surface area contributed by atoms with Gasteiger partial charge in [0.2, 0.25) is 0 Å². The Morgan fingerprint density at radius 2 is 1.96 bits per heavy atom. The summed E-state index contributed by atoms with van der Waals surface area (Å²) >= 11 is 7.54. The molecule has 0 spiro atoms. The van der Waals surface area contributed by atoms with Gasteiger partial charge in [0.15, 0.2) is 5.11 Å². The summed E-state index contributed by atoms with van der Waals surface area (Å²) in [4.78, 5) is 3.62. The minimum absolute atomic E-state index is 0.180. The molecule has 1 aliphatic rings. The molecule has 1 unspecified atom stereocenters. The Labute approximate surface area is 151 Å². The van der Waals surface area contributed by atoms with E-state index in [1.54, 1.807) is 11.3 Å². The second-order valence-corrected chi connectivity index (χ2v) is 7.40. The van der Waals surface area contributed by atoms with Crippen LogP contribution in [0.5, 0.6) is 0 Å². The monoisotopic (exact) mass is 353 g/mol. The molecule has 4 rings (SSSR count). The van der Waals surface area contributed by atoms with E-state index in [0.717, 1.165) is 23.9 Å². The van der Waals surface area contributed by atoms with Crippen LogP contribution in [0.2, 0.25) is 0 Å². The normalized spacial score (nSPS) is 16.7. The maximum absolute atomic E-state index is 5.75. The van der Waals surface area contributed by atoms with Crippen molar-refractivity contribution in [1.82, 2.24) is 9.47 Å². The van der Waals surface area contributed by atoms with Gasteiger partial charge < -0.3 is 14.8 Å². The van der Waals surface area contributed by atoms with Gasteiger partial charge in [0, 0.05) is 35.5 Å². The number of nitrogens with zero attached hydrogens (tertiary/aromatic N) is 2. The van der Waals surface area contributed by atoms with Crippen LogP contribution in [0.1, 0.15) is 22.2 Å². The lowest BCUT2D eigenvalue weighted by Gasteiger charge is -2.38. The summed E-state index contributed by atoms with van der Waals surface area (Å²) in [6.07, 6.45) is 2.16. The highest BCUT2D eigenvalue weighted by atomic mass is 32.1. The average Bonchev–Trinajstić information content (AvgIpc) is 3.27. The molecule has 1 atom stereocenters. The Balaban J connectivity index is 1.63. The molecule has 0 saturated carbocycles. The highest BCUT2D eigenvalue weighted by Gasteiger charge is 2.31. The summed E-state index contributed by atoms with van der Waals surface area (Å²) in [7, 11) is 0. The third-order valence-corrected chi connectivity index (χ3v) is 5.68. The van der Waals surface area contributed by atoms with Crippen molar-refractivity contribution in [3.63, 3.8) is 0 Å². The lowest BCUT2D eigenvalue weighted by Crippen LogP contribution is -2.44. The van der Waals surface area contributed by atoms with Crippen molar-refractivity contribution in [2.75, 3.05) is 11.9 Å². The lowest BCUT2D eigenvalue weighted by molar-refractivity contribution is 0.297. The van der Waals surface area contributed by atoms with Crippen LogP contribution in [-0.4, -0.2) is 21.1 Å². The summed E-state index contributed by atoms with van der Waals surface area (Å²) in [6.45, 7) is 3.95. The molecular weight excluding hydrogens is 334 g/mol. The lowest BCUT2D eigenvalue weighted by atomic mass is 10.1. The van der Waals surface area contributed by atoms with E-state index in [0.29, 0.717) is 0 Å². The van der Waals surface area contributed by atoms with Crippen molar-refractivity contribution in [1.29, 1.82) is 0 Å². The number of rotatable bonds is 2. The molecular formula is C19H19N3S2. The molecule has 5 heteroatoms. The van der Waals surface area contributed by atoms with E-state index in [1.807, 2.05) is 0 Å². The molecule has 122 valence electrons. The van der Waals surface area contributed by atoms with Gasteiger partial charge in [0.05, 0.1) is 0 Å². The number of thiophene rings is 1. The fourth-order valence-corrected chi connectivity index (χ4v) is 4.34. The number of hydrogen-bond donors (Lipinski definition) is 1. The van der Waals surface area contributed by atoms with Crippen molar-refractivity contribution in [3.05, 3.63) is 76.2 Å². The van der Waals surface area contributed by atoms with Crippen molar-refractivity contribution >= 4 is 34.4 Å². The number of benzene rings is 1. The quantitative estimate of drug-likeness (QED) is 0.677. The molecule has 3 nitrogen and oxygen atoms in total. The van der Waals surface area contributed by atoms with Gasteiger partial charge in [-0.05, 0) is 54.9 Å². The van der Waals surface area contributed by atoms with E-state index in [2.05, 4.69) is 81.8 Å². The van der Waals surface area contributed by atoms with Gasteiger partial charge in [-0.2, -0.15) is 0 Å². The first-order valence-corrected chi connectivity index (χ1v) is 9.34. The molecule has 3 aromatic rings. The summed E-state index contributed by atoms with van der Waals surface area (Å²) < 4.78 is 2.33. The van der Waals surface area contributed by atoms with Crippen LogP contribution in [0.3, 0.4) is 0 Å². The Morgan fingerprint density at radius 1 is 1.12 bits per heavy atom. The van der Waals surface area contributed by atoms with Gasteiger partial charge in [-0.3, -0.25) is 0 Å². The standard InChI is InChI=1S/C19H19N3S2/c1-14-6-8-15(9-7-14)20-19(23)22-12-11-21-10-2-4-16(21)18(22)17-5-3-13-24-17/h2-10,13,18H,11-12H2,1H3,(H,20,23). The molecule has 1 N–H and O–H groups in total. The number of aryl methyl sites for hydroxylation is 1. The number of hydrogen-bond acceptors (Lipinski definition) is 2. The molecule has 0 fully saturated rings. The minimum atomic E-state index is 0.180. The van der Waals surface area contributed by atoms with Gasteiger partial charge in [-0.25, -0.2) is 0 Å². The second kappa shape index (κ2) is 6.42.